The van der Waals surface area contributed by atoms with Crippen molar-refractivity contribution in [1.82, 2.24) is 0 Å². The summed E-state index contributed by atoms with van der Waals surface area (Å²) < 4.78 is 0. The number of nitrogens with two attached hydrogens (primary N) is 1. The van der Waals surface area contributed by atoms with E-state index in [0.29, 0.717) is 4.90 Å². The van der Waals surface area contributed by atoms with Crippen LogP contribution < -0.4 is 5.73 Å². The number of thioether (sulfide) groups is 1. The molecule has 1 aromatic rings. The molecule has 14 heavy (non-hydrogen) atoms. The normalized spacial score (nSPS) is 9.79. The summed E-state index contributed by atoms with van der Waals surface area (Å²) in [5.41, 5.74) is 5.06. The van der Waals surface area contributed by atoms with Crippen molar-refractivity contribution in [2.75, 3.05) is 0 Å². The summed E-state index contributed by atoms with van der Waals surface area (Å²) in [6.45, 7) is 0. The summed E-state index contributed by atoms with van der Waals surface area (Å²) >= 11 is 6.69. The lowest BCUT2D eigenvalue weighted by molar-refractivity contribution is -0.384. The van der Waals surface area contributed by atoms with Crippen molar-refractivity contribution >= 4 is 34.2 Å². The molecule has 3 N–H and O–H groups in total. The molecule has 74 valence electrons. The SMILES string of the molecule is N=C(N)Sc1ccc([N+](=O)[O-])cc1Cl. The first-order chi connectivity index (χ1) is 6.50. The lowest BCUT2D eigenvalue weighted by Gasteiger charge is -2.01. The minimum absolute atomic E-state index is 0.0806. The number of amidine groups is 1. The Morgan fingerprint density at radius 1 is 1.64 bits per heavy atom. The summed E-state index contributed by atoms with van der Waals surface area (Å²) in [6, 6.07) is 4.01. The first-order valence-electron chi connectivity index (χ1n) is 3.46. The van der Waals surface area contributed by atoms with Crippen molar-refractivity contribution in [2.45, 2.75) is 4.90 Å². The zero-order chi connectivity index (χ0) is 10.7. The van der Waals surface area contributed by atoms with Crippen LogP contribution in [0.15, 0.2) is 23.1 Å². The fraction of sp³-hybridized carbons (Fsp3) is 0. The van der Waals surface area contributed by atoms with E-state index >= 15 is 0 Å². The zero-order valence-corrected chi connectivity index (χ0v) is 8.43. The van der Waals surface area contributed by atoms with E-state index < -0.39 is 4.92 Å². The summed E-state index contributed by atoms with van der Waals surface area (Å²) in [4.78, 5) is 10.4. The molecule has 0 amide bonds. The van der Waals surface area contributed by atoms with Gasteiger partial charge in [0, 0.05) is 17.0 Å². The maximum atomic E-state index is 10.4. The van der Waals surface area contributed by atoms with E-state index in [1.165, 1.54) is 18.2 Å². The summed E-state index contributed by atoms with van der Waals surface area (Å²) in [5, 5.41) is 17.5. The number of non-ortho nitro benzene ring substituents is 1. The molecule has 0 atom stereocenters. The second kappa shape index (κ2) is 4.30. The van der Waals surface area contributed by atoms with Crippen LogP contribution in [0.3, 0.4) is 0 Å². The van der Waals surface area contributed by atoms with Gasteiger partial charge in [-0.3, -0.25) is 15.5 Å². The molecule has 1 aromatic carbocycles. The Morgan fingerprint density at radius 3 is 2.71 bits per heavy atom. The van der Waals surface area contributed by atoms with Crippen LogP contribution in [0, 0.1) is 15.5 Å². The van der Waals surface area contributed by atoms with E-state index in [2.05, 4.69) is 0 Å². The summed E-state index contributed by atoms with van der Waals surface area (Å²) in [7, 11) is 0. The van der Waals surface area contributed by atoms with Gasteiger partial charge in [0.15, 0.2) is 5.17 Å². The molecule has 0 aliphatic rings. The monoisotopic (exact) mass is 231 g/mol. The fourth-order valence-electron chi connectivity index (χ4n) is 0.805. The zero-order valence-electron chi connectivity index (χ0n) is 6.86. The van der Waals surface area contributed by atoms with Crippen molar-refractivity contribution in [3.63, 3.8) is 0 Å². The number of nitro groups is 1. The van der Waals surface area contributed by atoms with E-state index in [4.69, 9.17) is 22.7 Å². The smallest absolute Gasteiger partial charge is 0.270 e. The van der Waals surface area contributed by atoms with Crippen LogP contribution in [0.2, 0.25) is 5.02 Å². The number of nitrogens with zero attached hydrogens (tertiary/aromatic N) is 1. The van der Waals surface area contributed by atoms with Gasteiger partial charge in [-0.2, -0.15) is 0 Å². The minimum Gasteiger partial charge on any atom is -0.378 e. The fourth-order valence-corrected chi connectivity index (χ4v) is 1.62. The number of hydrogen-bond acceptors (Lipinski definition) is 4. The van der Waals surface area contributed by atoms with Crippen molar-refractivity contribution in [3.8, 4) is 0 Å². The predicted octanol–water partition coefficient (Wildman–Crippen LogP) is 2.23. The average molecular weight is 232 g/mol. The molecule has 0 fully saturated rings. The molecule has 0 saturated carbocycles. The van der Waals surface area contributed by atoms with Crippen LogP contribution >= 0.6 is 23.4 Å². The predicted molar refractivity (Wildman–Crippen MR) is 55.9 cm³/mol. The Bertz CT molecular complexity index is 397. The second-order valence-corrected chi connectivity index (χ2v) is 3.83. The van der Waals surface area contributed by atoms with E-state index in [9.17, 15) is 10.1 Å². The number of nitrogens with one attached hydrogen (secondary N) is 1. The molecule has 0 unspecified atom stereocenters. The highest BCUT2D eigenvalue weighted by Gasteiger charge is 2.10. The highest BCUT2D eigenvalue weighted by Crippen LogP contribution is 2.29. The van der Waals surface area contributed by atoms with Crippen LogP contribution in [0.5, 0.6) is 0 Å². The van der Waals surface area contributed by atoms with Crippen LogP contribution in [-0.2, 0) is 0 Å². The maximum Gasteiger partial charge on any atom is 0.270 e. The van der Waals surface area contributed by atoms with Crippen LogP contribution in [0.4, 0.5) is 5.69 Å². The topological polar surface area (TPSA) is 93.0 Å². The van der Waals surface area contributed by atoms with Crippen molar-refractivity contribution < 1.29 is 4.92 Å². The van der Waals surface area contributed by atoms with Crippen molar-refractivity contribution in [1.29, 1.82) is 5.41 Å². The molecule has 0 aliphatic carbocycles. The van der Waals surface area contributed by atoms with Crippen LogP contribution in [0.25, 0.3) is 0 Å². The minimum atomic E-state index is -0.534. The summed E-state index contributed by atoms with van der Waals surface area (Å²) in [6.07, 6.45) is 0. The number of halogens is 1. The Balaban J connectivity index is 3.01. The molecule has 0 radical (unpaired) electrons. The van der Waals surface area contributed by atoms with E-state index in [1.807, 2.05) is 0 Å². The van der Waals surface area contributed by atoms with Gasteiger partial charge in [-0.25, -0.2) is 0 Å². The maximum absolute atomic E-state index is 10.4. The van der Waals surface area contributed by atoms with E-state index in [0.717, 1.165) is 11.8 Å². The van der Waals surface area contributed by atoms with Gasteiger partial charge in [-0.15, -0.1) is 0 Å². The molecule has 0 bridgehead atoms. The standard InChI is InChI=1S/C7H6ClN3O2S/c8-5-3-4(11(12)13)1-2-6(5)14-7(9)10/h1-3H,(H3,9,10). The molecule has 0 heterocycles. The van der Waals surface area contributed by atoms with Gasteiger partial charge in [0.1, 0.15) is 0 Å². The number of nitro benzene ring substituents is 1. The van der Waals surface area contributed by atoms with Gasteiger partial charge in [0.05, 0.1) is 9.95 Å². The number of hydrogen-bond donors (Lipinski definition) is 2. The van der Waals surface area contributed by atoms with Gasteiger partial charge < -0.3 is 5.73 Å². The lowest BCUT2D eigenvalue weighted by atomic mass is 10.3. The number of benzene rings is 1. The lowest BCUT2D eigenvalue weighted by Crippen LogP contribution is -2.03. The molecule has 0 spiro atoms. The number of rotatable bonds is 2. The Kier molecular flexibility index (Phi) is 3.32. The molecule has 0 aromatic heterocycles. The molecule has 0 saturated heterocycles. The third-order valence-corrected chi connectivity index (χ3v) is 2.57. The first kappa shape index (κ1) is 10.8. The molecule has 7 heteroatoms. The van der Waals surface area contributed by atoms with Gasteiger partial charge in [0.25, 0.3) is 5.69 Å². The highest BCUT2D eigenvalue weighted by atomic mass is 35.5. The molecule has 1 rings (SSSR count). The Morgan fingerprint density at radius 2 is 2.29 bits per heavy atom. The quantitative estimate of drug-likeness (QED) is 0.268. The third kappa shape index (κ3) is 2.61. The van der Waals surface area contributed by atoms with Gasteiger partial charge in [-0.1, -0.05) is 23.4 Å². The Hall–Kier alpha value is -1.27. The highest BCUT2D eigenvalue weighted by molar-refractivity contribution is 8.13. The second-order valence-electron chi connectivity index (χ2n) is 2.34. The largest absolute Gasteiger partial charge is 0.378 e. The van der Waals surface area contributed by atoms with Crippen LogP contribution in [0.1, 0.15) is 0 Å². The Labute approximate surface area is 88.9 Å². The molecule has 5 nitrogen and oxygen atoms in total. The molecule has 0 aliphatic heterocycles. The van der Waals surface area contributed by atoms with Crippen molar-refractivity contribution in [2.24, 2.45) is 5.73 Å². The third-order valence-electron chi connectivity index (χ3n) is 1.35. The van der Waals surface area contributed by atoms with Crippen molar-refractivity contribution in [3.05, 3.63) is 33.3 Å². The van der Waals surface area contributed by atoms with Gasteiger partial charge in [0.2, 0.25) is 0 Å². The first-order valence-corrected chi connectivity index (χ1v) is 4.66. The van der Waals surface area contributed by atoms with Crippen LogP contribution in [-0.4, -0.2) is 10.1 Å². The average Bonchev–Trinajstić information content (AvgIpc) is 2.07. The van der Waals surface area contributed by atoms with Gasteiger partial charge in [-0.05, 0) is 6.07 Å². The van der Waals surface area contributed by atoms with Gasteiger partial charge >= 0.3 is 0 Å². The summed E-state index contributed by atoms with van der Waals surface area (Å²) in [5.74, 6) is 0. The van der Waals surface area contributed by atoms with E-state index in [1.54, 1.807) is 0 Å². The van der Waals surface area contributed by atoms with E-state index in [-0.39, 0.29) is 15.9 Å². The molecular weight excluding hydrogens is 226 g/mol. The molecular formula is C7H6ClN3O2S.